The second-order valence-electron chi connectivity index (χ2n) is 9.12. The number of hydrogen-bond donors (Lipinski definition) is 5. The lowest BCUT2D eigenvalue weighted by Crippen LogP contribution is -2.41. The van der Waals surface area contributed by atoms with Crippen molar-refractivity contribution in [2.24, 2.45) is 4.99 Å². The lowest BCUT2D eigenvalue weighted by molar-refractivity contribution is -0.137. The minimum atomic E-state index is -1.11. The number of anilines is 1. The van der Waals surface area contributed by atoms with Crippen molar-refractivity contribution in [1.29, 1.82) is 5.26 Å². The van der Waals surface area contributed by atoms with Crippen molar-refractivity contribution in [3.63, 3.8) is 0 Å². The van der Waals surface area contributed by atoms with Crippen LogP contribution >= 0.6 is 15.9 Å². The average molecular weight is 586 g/mol. The van der Waals surface area contributed by atoms with Gasteiger partial charge in [-0.2, -0.15) is 5.26 Å². The van der Waals surface area contributed by atoms with Crippen LogP contribution in [0, 0.1) is 11.3 Å². The molecule has 198 valence electrons. The molecule has 11 nitrogen and oxygen atoms in total. The molecule has 2 aromatic rings. The van der Waals surface area contributed by atoms with Crippen LogP contribution in [0.1, 0.15) is 46.8 Å². The number of carboxylic acid groups (broad SMARTS) is 1. The van der Waals surface area contributed by atoms with Gasteiger partial charge in [0.25, 0.3) is 5.91 Å². The number of benzene rings is 1. The van der Waals surface area contributed by atoms with Crippen molar-refractivity contribution >= 4 is 45.4 Å². The number of aromatic nitrogens is 1. The number of pyridine rings is 1. The molecule has 1 aromatic carbocycles. The SMILES string of the molecule is N#CC1(c2cc(Br)cc(C(CC(=O)O)NC(=O)CNC(=O)c3cncc(NC4=NCC(F)CN4)c3)c2)CC1. The third-order valence-corrected chi connectivity index (χ3v) is 6.62. The van der Waals surface area contributed by atoms with Crippen LogP contribution in [0.15, 0.2) is 46.1 Å². The Morgan fingerprint density at radius 2 is 2.05 bits per heavy atom. The molecule has 5 N–H and O–H groups in total. The predicted octanol–water partition coefficient (Wildman–Crippen LogP) is 2.17. The summed E-state index contributed by atoms with van der Waals surface area (Å²) in [6.07, 6.45) is 2.79. The number of carbonyl (C=O) groups excluding carboxylic acids is 2. The first-order valence-corrected chi connectivity index (χ1v) is 12.6. The van der Waals surface area contributed by atoms with Crippen molar-refractivity contribution in [3.05, 3.63) is 57.8 Å². The molecule has 1 aliphatic carbocycles. The fourth-order valence-electron chi connectivity index (χ4n) is 3.99. The minimum Gasteiger partial charge on any atom is -0.481 e. The summed E-state index contributed by atoms with van der Waals surface area (Å²) in [4.78, 5) is 44.8. The van der Waals surface area contributed by atoms with E-state index in [9.17, 15) is 29.1 Å². The van der Waals surface area contributed by atoms with Gasteiger partial charge in [-0.15, -0.1) is 0 Å². The van der Waals surface area contributed by atoms with Crippen molar-refractivity contribution in [3.8, 4) is 6.07 Å². The number of halogens is 2. The van der Waals surface area contributed by atoms with Crippen molar-refractivity contribution < 1.29 is 23.9 Å². The van der Waals surface area contributed by atoms with E-state index < -0.39 is 42.0 Å². The molecular formula is C25H25BrFN7O4. The predicted molar refractivity (Wildman–Crippen MR) is 139 cm³/mol. The Bertz CT molecular complexity index is 1330. The molecule has 2 atom stereocenters. The Kier molecular flexibility index (Phi) is 8.21. The highest BCUT2D eigenvalue weighted by molar-refractivity contribution is 9.10. The van der Waals surface area contributed by atoms with Gasteiger partial charge >= 0.3 is 5.97 Å². The molecule has 2 heterocycles. The van der Waals surface area contributed by atoms with Gasteiger partial charge in [0.05, 0.1) is 61.0 Å². The average Bonchev–Trinajstić information content (AvgIpc) is 3.69. The van der Waals surface area contributed by atoms with Crippen LogP contribution in [0.5, 0.6) is 0 Å². The number of aliphatic carboxylic acids is 1. The van der Waals surface area contributed by atoms with Crippen LogP contribution in [0.4, 0.5) is 10.1 Å². The van der Waals surface area contributed by atoms with E-state index in [-0.39, 0.29) is 25.1 Å². The summed E-state index contributed by atoms with van der Waals surface area (Å²) in [5.41, 5.74) is 1.34. The third kappa shape index (κ3) is 6.83. The second-order valence-corrected chi connectivity index (χ2v) is 10.0. The summed E-state index contributed by atoms with van der Waals surface area (Å²) >= 11 is 3.41. The van der Waals surface area contributed by atoms with Gasteiger partial charge in [-0.3, -0.25) is 19.4 Å². The second kappa shape index (κ2) is 11.6. The smallest absolute Gasteiger partial charge is 0.305 e. The Labute approximate surface area is 226 Å². The minimum absolute atomic E-state index is 0.0291. The van der Waals surface area contributed by atoms with E-state index in [0.717, 1.165) is 18.4 Å². The quantitative estimate of drug-likeness (QED) is 0.298. The lowest BCUT2D eigenvalue weighted by Gasteiger charge is -2.20. The molecule has 0 saturated heterocycles. The molecular weight excluding hydrogens is 561 g/mol. The van der Waals surface area contributed by atoms with Gasteiger partial charge in [0.2, 0.25) is 5.91 Å². The van der Waals surface area contributed by atoms with Crippen molar-refractivity contribution in [2.45, 2.75) is 36.9 Å². The Balaban J connectivity index is 1.38. The summed E-state index contributed by atoms with van der Waals surface area (Å²) in [6.45, 7) is -0.249. The molecule has 2 amide bonds. The highest BCUT2D eigenvalue weighted by Crippen LogP contribution is 2.48. The third-order valence-electron chi connectivity index (χ3n) is 6.16. The number of nitriles is 1. The molecule has 1 aliphatic heterocycles. The maximum atomic E-state index is 13.2. The van der Waals surface area contributed by atoms with E-state index in [1.165, 1.54) is 18.5 Å². The maximum Gasteiger partial charge on any atom is 0.305 e. The van der Waals surface area contributed by atoms with E-state index in [1.807, 2.05) is 6.07 Å². The number of nitrogens with zero attached hydrogens (tertiary/aromatic N) is 3. The molecule has 1 fully saturated rings. The number of carbonyl (C=O) groups is 3. The number of nitrogens with one attached hydrogen (secondary N) is 4. The van der Waals surface area contributed by atoms with E-state index in [4.69, 9.17) is 0 Å². The normalized spacial score (nSPS) is 18.1. The molecule has 2 unspecified atom stereocenters. The molecule has 2 aliphatic rings. The fourth-order valence-corrected chi connectivity index (χ4v) is 4.50. The number of hydrogen-bond acceptors (Lipinski definition) is 8. The highest BCUT2D eigenvalue weighted by Gasteiger charge is 2.45. The summed E-state index contributed by atoms with van der Waals surface area (Å²) in [5.74, 6) is -1.91. The topological polar surface area (TPSA) is 169 Å². The highest BCUT2D eigenvalue weighted by atomic mass is 79.9. The number of rotatable bonds is 9. The monoisotopic (exact) mass is 585 g/mol. The number of alkyl halides is 1. The number of guanidine groups is 1. The van der Waals surface area contributed by atoms with Crippen LogP contribution in [0.25, 0.3) is 0 Å². The largest absolute Gasteiger partial charge is 0.481 e. The first-order chi connectivity index (χ1) is 18.2. The number of carboxylic acids is 1. The van der Waals surface area contributed by atoms with E-state index in [2.05, 4.69) is 53.2 Å². The summed E-state index contributed by atoms with van der Waals surface area (Å²) in [6, 6.07) is 8.22. The Morgan fingerprint density at radius 3 is 2.71 bits per heavy atom. The zero-order valence-electron chi connectivity index (χ0n) is 20.1. The Hall–Kier alpha value is -4.05. The first-order valence-electron chi connectivity index (χ1n) is 11.8. The first kappa shape index (κ1) is 27.0. The van der Waals surface area contributed by atoms with Crippen LogP contribution < -0.4 is 21.3 Å². The van der Waals surface area contributed by atoms with E-state index in [0.29, 0.717) is 21.7 Å². The standard InChI is InChI=1S/C25H25BrFN7O4/c26-17-4-14(3-16(6-17)25(13-28)1-2-25)20(7-22(36)37)34-21(35)12-30-23(38)15-5-19(11-29-8-15)33-24-31-9-18(27)10-32-24/h3-6,8,11,18,20H,1-2,7,9-10,12H2,(H,30,38)(H,34,35)(H,36,37)(H2,31,32,33). The van der Waals surface area contributed by atoms with Crippen molar-refractivity contribution in [1.82, 2.24) is 20.9 Å². The fraction of sp³-hybridized carbons (Fsp3) is 0.360. The maximum absolute atomic E-state index is 13.2. The van der Waals surface area contributed by atoms with Gasteiger partial charge in [-0.1, -0.05) is 22.0 Å². The lowest BCUT2D eigenvalue weighted by atomic mass is 9.93. The summed E-state index contributed by atoms with van der Waals surface area (Å²) in [5, 5.41) is 29.8. The van der Waals surface area contributed by atoms with Crippen molar-refractivity contribution in [2.75, 3.05) is 25.0 Å². The molecule has 0 bridgehead atoms. The zero-order chi connectivity index (χ0) is 27.3. The molecule has 0 spiro atoms. The van der Waals surface area contributed by atoms with Crippen LogP contribution in [-0.4, -0.2) is 59.6 Å². The van der Waals surface area contributed by atoms with Gasteiger partial charge in [0, 0.05) is 10.7 Å². The van der Waals surface area contributed by atoms with Gasteiger partial charge in [-0.05, 0) is 42.2 Å². The van der Waals surface area contributed by atoms with Crippen LogP contribution in [0.3, 0.4) is 0 Å². The van der Waals surface area contributed by atoms with Gasteiger partial charge in [0.1, 0.15) is 6.17 Å². The van der Waals surface area contributed by atoms with Gasteiger partial charge < -0.3 is 26.4 Å². The van der Waals surface area contributed by atoms with Gasteiger partial charge in [0.15, 0.2) is 5.96 Å². The summed E-state index contributed by atoms with van der Waals surface area (Å²) < 4.78 is 13.9. The van der Waals surface area contributed by atoms with Crippen LogP contribution in [0.2, 0.25) is 0 Å². The number of aliphatic imine (C=N–C) groups is 1. The molecule has 4 rings (SSSR count). The summed E-state index contributed by atoms with van der Waals surface area (Å²) in [7, 11) is 0. The van der Waals surface area contributed by atoms with E-state index in [1.54, 1.807) is 12.1 Å². The number of amides is 2. The molecule has 0 radical (unpaired) electrons. The molecule has 1 aromatic heterocycles. The van der Waals surface area contributed by atoms with E-state index >= 15 is 0 Å². The Morgan fingerprint density at radius 1 is 1.26 bits per heavy atom. The van der Waals surface area contributed by atoms with Gasteiger partial charge in [-0.25, -0.2) is 9.38 Å². The molecule has 1 saturated carbocycles. The molecule has 13 heteroatoms. The molecule has 38 heavy (non-hydrogen) atoms. The van der Waals surface area contributed by atoms with Crippen LogP contribution in [-0.2, 0) is 15.0 Å². The zero-order valence-corrected chi connectivity index (χ0v) is 21.7.